The number of hydrogen-bond donors (Lipinski definition) is 2. The number of carbonyl (C=O) groups excluding carboxylic acids is 1. The van der Waals surface area contributed by atoms with Gasteiger partial charge >= 0.3 is 5.97 Å². The summed E-state index contributed by atoms with van der Waals surface area (Å²) >= 11 is 5.95. The van der Waals surface area contributed by atoms with Crippen LogP contribution in [0, 0.1) is 0 Å². The number of methoxy groups -OCH3 is 1. The lowest BCUT2D eigenvalue weighted by atomic mass is 10.1. The summed E-state index contributed by atoms with van der Waals surface area (Å²) in [5.74, 6) is -0.625. The Bertz CT molecular complexity index is 840. The van der Waals surface area contributed by atoms with Crippen molar-refractivity contribution in [3.8, 4) is 0 Å². The maximum atomic E-state index is 12.3. The Hall–Kier alpha value is -1.80. The molecule has 2 rings (SSSR count). The highest BCUT2D eigenvalue weighted by Gasteiger charge is 2.18. The molecule has 0 amide bonds. The number of nitrogens with two attached hydrogens (primary N) is 1. The molecule has 0 bridgehead atoms. The van der Waals surface area contributed by atoms with E-state index in [4.69, 9.17) is 17.3 Å². The minimum atomic E-state index is -3.72. The lowest BCUT2D eigenvalue weighted by Gasteiger charge is -2.09. The summed E-state index contributed by atoms with van der Waals surface area (Å²) in [5, 5.41) is 0.0169. The van der Waals surface area contributed by atoms with Gasteiger partial charge in [0.15, 0.2) is 0 Å². The van der Waals surface area contributed by atoms with Crippen molar-refractivity contribution in [3.05, 3.63) is 58.6 Å². The molecule has 0 heterocycles. The number of carbonyl (C=O) groups is 1. The average Bonchev–Trinajstić information content (AvgIpc) is 2.55. The van der Waals surface area contributed by atoms with Crippen molar-refractivity contribution in [1.82, 2.24) is 4.72 Å². The average molecular weight is 405 g/mol. The van der Waals surface area contributed by atoms with Crippen molar-refractivity contribution in [2.45, 2.75) is 11.3 Å². The van der Waals surface area contributed by atoms with Gasteiger partial charge in [0.1, 0.15) is 0 Å². The highest BCUT2D eigenvalue weighted by Crippen LogP contribution is 2.21. The van der Waals surface area contributed by atoms with Crippen LogP contribution in [0.2, 0.25) is 5.02 Å². The monoisotopic (exact) mass is 404 g/mol. The van der Waals surface area contributed by atoms with Gasteiger partial charge in [0, 0.05) is 12.2 Å². The smallest absolute Gasteiger partial charge is 0.339 e. The molecule has 136 valence electrons. The van der Waals surface area contributed by atoms with E-state index in [2.05, 4.69) is 9.46 Å². The minimum Gasteiger partial charge on any atom is -0.465 e. The quantitative estimate of drug-likeness (QED) is 0.569. The van der Waals surface area contributed by atoms with Crippen LogP contribution in [0.3, 0.4) is 0 Å². The van der Waals surface area contributed by atoms with Crippen LogP contribution in [0.15, 0.2) is 47.4 Å². The maximum absolute atomic E-state index is 12.3. The predicted octanol–water partition coefficient (Wildman–Crippen LogP) is 2.65. The van der Waals surface area contributed by atoms with Crippen LogP contribution in [0.1, 0.15) is 15.9 Å². The zero-order valence-electron chi connectivity index (χ0n) is 13.4. The van der Waals surface area contributed by atoms with Gasteiger partial charge in [-0.15, -0.1) is 12.4 Å². The van der Waals surface area contributed by atoms with Crippen molar-refractivity contribution in [1.29, 1.82) is 0 Å². The Morgan fingerprint density at radius 3 is 2.40 bits per heavy atom. The number of ether oxygens (including phenoxy) is 1. The van der Waals surface area contributed by atoms with E-state index in [-0.39, 0.29) is 34.4 Å². The Labute approximate surface area is 157 Å². The molecule has 0 saturated carbocycles. The number of halogens is 2. The molecule has 6 nitrogen and oxygen atoms in total. The Morgan fingerprint density at radius 2 is 1.84 bits per heavy atom. The summed E-state index contributed by atoms with van der Waals surface area (Å²) in [4.78, 5) is 11.5. The van der Waals surface area contributed by atoms with Crippen LogP contribution < -0.4 is 10.5 Å². The first-order valence-corrected chi connectivity index (χ1v) is 8.91. The number of nitrogen functional groups attached to an aromatic ring is 1. The highest BCUT2D eigenvalue weighted by atomic mass is 35.5. The first-order chi connectivity index (χ1) is 11.3. The summed E-state index contributed by atoms with van der Waals surface area (Å²) in [6.45, 7) is 0.225. The van der Waals surface area contributed by atoms with Gasteiger partial charge < -0.3 is 10.5 Å². The van der Waals surface area contributed by atoms with Gasteiger partial charge in [0.2, 0.25) is 10.0 Å². The summed E-state index contributed by atoms with van der Waals surface area (Å²) < 4.78 is 31.6. The van der Waals surface area contributed by atoms with Crippen molar-refractivity contribution in [2.24, 2.45) is 0 Å². The van der Waals surface area contributed by atoms with Crippen LogP contribution >= 0.6 is 24.0 Å². The van der Waals surface area contributed by atoms with Crippen molar-refractivity contribution < 1.29 is 17.9 Å². The Balaban J connectivity index is 0.00000312. The molecule has 0 radical (unpaired) electrons. The SMILES string of the molecule is COC(=O)c1ccc(S(=O)(=O)NCCc2ccc(N)cc2)cc1Cl.Cl. The predicted molar refractivity (Wildman–Crippen MR) is 99.8 cm³/mol. The zero-order chi connectivity index (χ0) is 17.7. The molecule has 0 fully saturated rings. The number of rotatable bonds is 6. The Morgan fingerprint density at radius 1 is 1.20 bits per heavy atom. The molecule has 2 aromatic rings. The fourth-order valence-corrected chi connectivity index (χ4v) is 3.42. The third kappa shape index (κ3) is 5.61. The Kier molecular flexibility index (Phi) is 7.69. The van der Waals surface area contributed by atoms with E-state index in [1.165, 1.54) is 25.3 Å². The number of hydrogen-bond acceptors (Lipinski definition) is 5. The van der Waals surface area contributed by atoms with Crippen LogP contribution in [0.5, 0.6) is 0 Å². The molecular weight excluding hydrogens is 387 g/mol. The van der Waals surface area contributed by atoms with Gasteiger partial charge in [-0.3, -0.25) is 0 Å². The van der Waals surface area contributed by atoms with E-state index in [0.717, 1.165) is 5.56 Å². The normalized spacial score (nSPS) is 10.8. The standard InChI is InChI=1S/C16H17ClN2O4S.ClH/c1-23-16(20)14-7-6-13(10-15(14)17)24(21,22)19-9-8-11-2-4-12(18)5-3-11;/h2-7,10,19H,8-9,18H2,1H3;1H. The lowest BCUT2D eigenvalue weighted by molar-refractivity contribution is 0.0601. The fraction of sp³-hybridized carbons (Fsp3) is 0.188. The summed E-state index contributed by atoms with van der Waals surface area (Å²) in [6.07, 6.45) is 0.521. The van der Waals surface area contributed by atoms with Gasteiger partial charge in [0.25, 0.3) is 0 Å². The van der Waals surface area contributed by atoms with Crippen molar-refractivity contribution in [3.63, 3.8) is 0 Å². The van der Waals surface area contributed by atoms with Gasteiger partial charge in [-0.1, -0.05) is 23.7 Å². The van der Waals surface area contributed by atoms with Crippen molar-refractivity contribution >= 4 is 45.7 Å². The summed E-state index contributed by atoms with van der Waals surface area (Å²) in [6, 6.07) is 11.0. The molecule has 0 aliphatic rings. The number of nitrogens with one attached hydrogen (secondary N) is 1. The van der Waals surface area contributed by atoms with E-state index in [0.29, 0.717) is 12.1 Å². The molecular formula is C16H18Cl2N2O4S. The molecule has 0 spiro atoms. The molecule has 9 heteroatoms. The second-order valence-corrected chi connectivity index (χ2v) is 7.20. The number of anilines is 1. The first-order valence-electron chi connectivity index (χ1n) is 7.05. The molecule has 0 aliphatic heterocycles. The first kappa shape index (κ1) is 21.2. The third-order valence-corrected chi connectivity index (χ3v) is 5.11. The van der Waals surface area contributed by atoms with E-state index < -0.39 is 16.0 Å². The van der Waals surface area contributed by atoms with Crippen LogP contribution in [0.4, 0.5) is 5.69 Å². The molecule has 0 saturated heterocycles. The van der Waals surface area contributed by atoms with E-state index in [1.807, 2.05) is 12.1 Å². The van der Waals surface area contributed by atoms with Gasteiger partial charge in [-0.05, 0) is 42.3 Å². The van der Waals surface area contributed by atoms with Crippen LogP contribution in [-0.4, -0.2) is 28.0 Å². The van der Waals surface area contributed by atoms with Crippen LogP contribution in [0.25, 0.3) is 0 Å². The van der Waals surface area contributed by atoms with Gasteiger partial charge in [-0.25, -0.2) is 17.9 Å². The molecule has 2 aromatic carbocycles. The number of esters is 1. The highest BCUT2D eigenvalue weighted by molar-refractivity contribution is 7.89. The van der Waals surface area contributed by atoms with Crippen molar-refractivity contribution in [2.75, 3.05) is 19.4 Å². The lowest BCUT2D eigenvalue weighted by Crippen LogP contribution is -2.26. The third-order valence-electron chi connectivity index (χ3n) is 3.34. The fourth-order valence-electron chi connectivity index (χ4n) is 2.04. The van der Waals surface area contributed by atoms with Crippen LogP contribution in [-0.2, 0) is 21.2 Å². The topological polar surface area (TPSA) is 98.5 Å². The zero-order valence-corrected chi connectivity index (χ0v) is 15.7. The van der Waals surface area contributed by atoms with Gasteiger partial charge in [0.05, 0.1) is 22.6 Å². The van der Waals surface area contributed by atoms with E-state index >= 15 is 0 Å². The second kappa shape index (κ2) is 9.05. The summed E-state index contributed by atoms with van der Waals surface area (Å²) in [5.41, 5.74) is 7.33. The molecule has 3 N–H and O–H groups in total. The molecule has 0 unspecified atom stereocenters. The minimum absolute atomic E-state index is 0. The van der Waals surface area contributed by atoms with Gasteiger partial charge in [-0.2, -0.15) is 0 Å². The number of sulfonamides is 1. The second-order valence-electron chi connectivity index (χ2n) is 5.02. The largest absolute Gasteiger partial charge is 0.465 e. The number of benzene rings is 2. The summed E-state index contributed by atoms with van der Waals surface area (Å²) in [7, 11) is -2.50. The maximum Gasteiger partial charge on any atom is 0.339 e. The molecule has 25 heavy (non-hydrogen) atoms. The molecule has 0 aromatic heterocycles. The van der Waals surface area contributed by atoms with E-state index in [9.17, 15) is 13.2 Å². The molecule has 0 aliphatic carbocycles. The van der Waals surface area contributed by atoms with E-state index in [1.54, 1.807) is 12.1 Å². The molecule has 0 atom stereocenters.